The van der Waals surface area contributed by atoms with Gasteiger partial charge in [-0.1, -0.05) is 6.07 Å². The van der Waals surface area contributed by atoms with Crippen LogP contribution in [0, 0.1) is 17.8 Å². The molecule has 0 bridgehead atoms. The number of nitrogens with zero attached hydrogens (tertiary/aromatic N) is 3. The summed E-state index contributed by atoms with van der Waals surface area (Å²) in [5.74, 6) is 2.06. The van der Waals surface area contributed by atoms with E-state index in [1.807, 2.05) is 29.3 Å². The van der Waals surface area contributed by atoms with Crippen molar-refractivity contribution in [2.24, 2.45) is 17.8 Å². The molecular formula is C19H21N3O. The molecule has 2 aliphatic rings. The van der Waals surface area contributed by atoms with Gasteiger partial charge in [-0.25, -0.2) is 0 Å². The van der Waals surface area contributed by atoms with Crippen LogP contribution in [0.15, 0.2) is 48.9 Å². The summed E-state index contributed by atoms with van der Waals surface area (Å²) in [5.41, 5.74) is 1.88. The molecule has 1 aliphatic heterocycles. The fourth-order valence-corrected chi connectivity index (χ4v) is 4.26. The van der Waals surface area contributed by atoms with Crippen LogP contribution in [0.2, 0.25) is 0 Å². The third-order valence-corrected chi connectivity index (χ3v) is 5.40. The highest BCUT2D eigenvalue weighted by molar-refractivity contribution is 5.94. The second kappa shape index (κ2) is 6.11. The van der Waals surface area contributed by atoms with Crippen LogP contribution in [-0.2, 0) is 6.42 Å². The Hall–Kier alpha value is -2.23. The molecule has 1 saturated heterocycles. The van der Waals surface area contributed by atoms with Crippen LogP contribution in [0.5, 0.6) is 0 Å². The lowest BCUT2D eigenvalue weighted by molar-refractivity contribution is 0.0776. The Balaban J connectivity index is 1.44. The fraction of sp³-hybridized carbons (Fsp3) is 0.421. The van der Waals surface area contributed by atoms with Crippen LogP contribution in [0.3, 0.4) is 0 Å². The zero-order valence-electron chi connectivity index (χ0n) is 13.1. The lowest BCUT2D eigenvalue weighted by atomic mass is 9.89. The molecule has 3 heterocycles. The predicted octanol–water partition coefficient (Wildman–Crippen LogP) is 2.82. The molecular weight excluding hydrogens is 286 g/mol. The van der Waals surface area contributed by atoms with E-state index in [1.54, 1.807) is 12.4 Å². The van der Waals surface area contributed by atoms with Crippen LogP contribution in [0.1, 0.15) is 28.9 Å². The number of hydrogen-bond acceptors (Lipinski definition) is 3. The van der Waals surface area contributed by atoms with Gasteiger partial charge in [0.05, 0.1) is 5.56 Å². The molecule has 2 aromatic rings. The first-order valence-corrected chi connectivity index (χ1v) is 8.40. The zero-order valence-corrected chi connectivity index (χ0v) is 13.1. The standard InChI is InChI=1S/C19H21N3O/c23-19(15-4-3-8-20-11-15)22-12-16-7-6-14(18(16)13-22)10-17-5-1-2-9-21-17/h1-5,8-9,11,14,16,18H,6-7,10,12-13H2/t14-,16-,18-/m1/s1. The van der Waals surface area contributed by atoms with Crippen molar-refractivity contribution in [3.8, 4) is 0 Å². The van der Waals surface area contributed by atoms with Gasteiger partial charge in [0.1, 0.15) is 0 Å². The van der Waals surface area contributed by atoms with Gasteiger partial charge in [0.2, 0.25) is 0 Å². The molecule has 2 fully saturated rings. The maximum Gasteiger partial charge on any atom is 0.255 e. The second-order valence-electron chi connectivity index (χ2n) is 6.74. The summed E-state index contributed by atoms with van der Waals surface area (Å²) in [6, 6.07) is 9.82. The number of rotatable bonds is 3. The molecule has 1 saturated carbocycles. The molecule has 4 nitrogen and oxygen atoms in total. The summed E-state index contributed by atoms with van der Waals surface area (Å²) in [6.07, 6.45) is 8.78. The van der Waals surface area contributed by atoms with E-state index in [0.29, 0.717) is 23.3 Å². The molecule has 2 aromatic heterocycles. The normalized spacial score (nSPS) is 26.3. The highest BCUT2D eigenvalue weighted by atomic mass is 16.2. The van der Waals surface area contributed by atoms with E-state index in [2.05, 4.69) is 22.1 Å². The number of fused-ring (bicyclic) bond motifs is 1. The van der Waals surface area contributed by atoms with Gasteiger partial charge in [-0.2, -0.15) is 0 Å². The quantitative estimate of drug-likeness (QED) is 0.876. The van der Waals surface area contributed by atoms with Crippen LogP contribution in [0.25, 0.3) is 0 Å². The van der Waals surface area contributed by atoms with Gasteiger partial charge < -0.3 is 4.90 Å². The van der Waals surface area contributed by atoms with E-state index in [1.165, 1.54) is 18.5 Å². The summed E-state index contributed by atoms with van der Waals surface area (Å²) in [6.45, 7) is 1.78. The van der Waals surface area contributed by atoms with Crippen molar-refractivity contribution >= 4 is 5.91 Å². The van der Waals surface area contributed by atoms with E-state index in [4.69, 9.17) is 0 Å². The van der Waals surface area contributed by atoms with Crippen molar-refractivity contribution in [1.29, 1.82) is 0 Å². The molecule has 4 rings (SSSR count). The van der Waals surface area contributed by atoms with Crippen LogP contribution in [-0.4, -0.2) is 33.9 Å². The number of pyridine rings is 2. The van der Waals surface area contributed by atoms with Gasteiger partial charge in [-0.3, -0.25) is 14.8 Å². The first-order valence-electron chi connectivity index (χ1n) is 8.40. The minimum Gasteiger partial charge on any atom is -0.338 e. The Morgan fingerprint density at radius 1 is 1.13 bits per heavy atom. The van der Waals surface area contributed by atoms with Crippen molar-refractivity contribution in [3.05, 3.63) is 60.2 Å². The summed E-state index contributed by atoms with van der Waals surface area (Å²) in [4.78, 5) is 23.2. The fourth-order valence-electron chi connectivity index (χ4n) is 4.26. The van der Waals surface area contributed by atoms with Gasteiger partial charge in [0.15, 0.2) is 0 Å². The average Bonchev–Trinajstić information content (AvgIpc) is 3.18. The Kier molecular flexibility index (Phi) is 3.82. The van der Waals surface area contributed by atoms with E-state index in [-0.39, 0.29) is 5.91 Å². The number of aromatic nitrogens is 2. The molecule has 1 amide bonds. The van der Waals surface area contributed by atoms with Crippen LogP contribution >= 0.6 is 0 Å². The Bertz CT molecular complexity index is 674. The van der Waals surface area contributed by atoms with Gasteiger partial charge in [0, 0.05) is 37.4 Å². The summed E-state index contributed by atoms with van der Waals surface area (Å²) in [7, 11) is 0. The average molecular weight is 307 g/mol. The largest absolute Gasteiger partial charge is 0.338 e. The number of carbonyl (C=O) groups excluding carboxylic acids is 1. The summed E-state index contributed by atoms with van der Waals surface area (Å²) in [5, 5.41) is 0. The number of carbonyl (C=O) groups is 1. The van der Waals surface area contributed by atoms with E-state index in [9.17, 15) is 4.79 Å². The van der Waals surface area contributed by atoms with Gasteiger partial charge in [-0.05, 0) is 61.3 Å². The van der Waals surface area contributed by atoms with Crippen molar-refractivity contribution in [2.45, 2.75) is 19.3 Å². The third-order valence-electron chi connectivity index (χ3n) is 5.40. The highest BCUT2D eigenvalue weighted by Gasteiger charge is 2.43. The summed E-state index contributed by atoms with van der Waals surface area (Å²) < 4.78 is 0. The maximum atomic E-state index is 12.6. The maximum absolute atomic E-state index is 12.6. The minimum absolute atomic E-state index is 0.129. The van der Waals surface area contributed by atoms with Crippen LogP contribution in [0.4, 0.5) is 0 Å². The molecule has 1 aliphatic carbocycles. The summed E-state index contributed by atoms with van der Waals surface area (Å²) >= 11 is 0. The lowest BCUT2D eigenvalue weighted by Crippen LogP contribution is -2.30. The SMILES string of the molecule is O=C(c1cccnc1)N1C[C@H]2CC[C@H](Cc3ccccn3)[C@H]2C1. The van der Waals surface area contributed by atoms with Gasteiger partial charge in [0.25, 0.3) is 5.91 Å². The number of hydrogen-bond donors (Lipinski definition) is 0. The molecule has 118 valence electrons. The zero-order chi connectivity index (χ0) is 15.6. The van der Waals surface area contributed by atoms with Crippen molar-refractivity contribution in [2.75, 3.05) is 13.1 Å². The number of likely N-dealkylation sites (tertiary alicyclic amines) is 1. The minimum atomic E-state index is 0.129. The number of amides is 1. The Morgan fingerprint density at radius 3 is 2.87 bits per heavy atom. The molecule has 3 atom stereocenters. The van der Waals surface area contributed by atoms with Gasteiger partial charge in [-0.15, -0.1) is 0 Å². The Labute approximate surface area is 136 Å². The van der Waals surface area contributed by atoms with Gasteiger partial charge >= 0.3 is 0 Å². The first kappa shape index (κ1) is 14.4. The highest BCUT2D eigenvalue weighted by Crippen LogP contribution is 2.43. The lowest BCUT2D eigenvalue weighted by Gasteiger charge is -2.20. The molecule has 0 spiro atoms. The van der Waals surface area contributed by atoms with Crippen molar-refractivity contribution in [1.82, 2.24) is 14.9 Å². The molecule has 0 radical (unpaired) electrons. The van der Waals surface area contributed by atoms with Crippen molar-refractivity contribution < 1.29 is 4.79 Å². The smallest absolute Gasteiger partial charge is 0.255 e. The predicted molar refractivity (Wildman–Crippen MR) is 87.8 cm³/mol. The molecule has 0 unspecified atom stereocenters. The third kappa shape index (κ3) is 2.85. The second-order valence-corrected chi connectivity index (χ2v) is 6.74. The van der Waals surface area contributed by atoms with Crippen LogP contribution < -0.4 is 0 Å². The topological polar surface area (TPSA) is 46.1 Å². The molecule has 0 aromatic carbocycles. The molecule has 4 heteroatoms. The van der Waals surface area contributed by atoms with Crippen molar-refractivity contribution in [3.63, 3.8) is 0 Å². The van der Waals surface area contributed by atoms with E-state index < -0.39 is 0 Å². The Morgan fingerprint density at radius 2 is 2.09 bits per heavy atom. The van der Waals surface area contributed by atoms with E-state index in [0.717, 1.165) is 19.5 Å². The first-order chi connectivity index (χ1) is 11.3. The molecule has 0 N–H and O–H groups in total. The molecule has 23 heavy (non-hydrogen) atoms. The van der Waals surface area contributed by atoms with E-state index >= 15 is 0 Å². The monoisotopic (exact) mass is 307 g/mol.